The standard InChI is InChI=1S/C15H16F2N2/c1-2-19(12-8-6-11(16)7-9-12)10-13-14(17)4-3-5-15(13)18/h3-9H,2,10,18H2,1H3. The first-order valence-electron chi connectivity index (χ1n) is 6.15. The third-order valence-corrected chi connectivity index (χ3v) is 3.08. The van der Waals surface area contributed by atoms with Gasteiger partial charge in [-0.3, -0.25) is 0 Å². The Kier molecular flexibility index (Phi) is 4.00. The predicted molar refractivity (Wildman–Crippen MR) is 73.9 cm³/mol. The van der Waals surface area contributed by atoms with Gasteiger partial charge in [0.1, 0.15) is 11.6 Å². The molecule has 2 N–H and O–H groups in total. The van der Waals surface area contributed by atoms with Crippen molar-refractivity contribution in [3.63, 3.8) is 0 Å². The zero-order valence-corrected chi connectivity index (χ0v) is 10.7. The van der Waals surface area contributed by atoms with E-state index in [-0.39, 0.29) is 11.6 Å². The third-order valence-electron chi connectivity index (χ3n) is 3.08. The van der Waals surface area contributed by atoms with Crippen LogP contribution in [0.5, 0.6) is 0 Å². The first-order valence-corrected chi connectivity index (χ1v) is 6.15. The van der Waals surface area contributed by atoms with Gasteiger partial charge in [-0.25, -0.2) is 8.78 Å². The van der Waals surface area contributed by atoms with Gasteiger partial charge in [0.25, 0.3) is 0 Å². The summed E-state index contributed by atoms with van der Waals surface area (Å²) in [5.74, 6) is -0.606. The zero-order chi connectivity index (χ0) is 13.8. The summed E-state index contributed by atoms with van der Waals surface area (Å²) in [5, 5.41) is 0. The Balaban J connectivity index is 2.26. The quantitative estimate of drug-likeness (QED) is 0.853. The Morgan fingerprint density at radius 1 is 1.05 bits per heavy atom. The smallest absolute Gasteiger partial charge is 0.130 e. The van der Waals surface area contributed by atoms with Gasteiger partial charge >= 0.3 is 0 Å². The van der Waals surface area contributed by atoms with Gasteiger partial charge in [-0.15, -0.1) is 0 Å². The molecule has 0 heterocycles. The summed E-state index contributed by atoms with van der Waals surface area (Å²) in [4.78, 5) is 1.94. The molecule has 0 amide bonds. The number of anilines is 2. The van der Waals surface area contributed by atoms with Gasteiger partial charge in [0.2, 0.25) is 0 Å². The number of rotatable bonds is 4. The van der Waals surface area contributed by atoms with Crippen LogP contribution in [0.2, 0.25) is 0 Å². The van der Waals surface area contributed by atoms with E-state index in [1.165, 1.54) is 18.2 Å². The van der Waals surface area contributed by atoms with E-state index in [1.807, 2.05) is 11.8 Å². The van der Waals surface area contributed by atoms with Crippen molar-refractivity contribution in [2.24, 2.45) is 0 Å². The molecule has 0 saturated heterocycles. The lowest BCUT2D eigenvalue weighted by atomic mass is 10.1. The first kappa shape index (κ1) is 13.3. The maximum Gasteiger partial charge on any atom is 0.130 e. The molecule has 4 heteroatoms. The van der Waals surface area contributed by atoms with Crippen LogP contribution in [0.15, 0.2) is 42.5 Å². The van der Waals surface area contributed by atoms with Gasteiger partial charge in [0, 0.05) is 30.0 Å². The Morgan fingerprint density at radius 3 is 2.32 bits per heavy atom. The van der Waals surface area contributed by atoms with Crippen molar-refractivity contribution < 1.29 is 8.78 Å². The fourth-order valence-corrected chi connectivity index (χ4v) is 1.97. The molecule has 0 aliphatic rings. The molecule has 0 saturated carbocycles. The van der Waals surface area contributed by atoms with Crippen LogP contribution >= 0.6 is 0 Å². The molecule has 2 nitrogen and oxygen atoms in total. The van der Waals surface area contributed by atoms with Crippen LogP contribution in [0.25, 0.3) is 0 Å². The van der Waals surface area contributed by atoms with E-state index in [2.05, 4.69) is 0 Å². The number of hydrogen-bond donors (Lipinski definition) is 1. The highest BCUT2D eigenvalue weighted by molar-refractivity contribution is 5.52. The maximum absolute atomic E-state index is 13.8. The number of nitrogens with zero attached hydrogens (tertiary/aromatic N) is 1. The predicted octanol–water partition coefficient (Wildman–Crippen LogP) is 3.57. The molecular weight excluding hydrogens is 246 g/mol. The second-order valence-electron chi connectivity index (χ2n) is 4.30. The van der Waals surface area contributed by atoms with Crippen LogP contribution in [-0.2, 0) is 6.54 Å². The molecule has 0 unspecified atom stereocenters. The minimum atomic E-state index is -0.319. The lowest BCUT2D eigenvalue weighted by Gasteiger charge is -2.24. The Labute approximate surface area is 111 Å². The van der Waals surface area contributed by atoms with Gasteiger partial charge in [-0.1, -0.05) is 6.07 Å². The lowest BCUT2D eigenvalue weighted by molar-refractivity contribution is 0.606. The monoisotopic (exact) mass is 262 g/mol. The second kappa shape index (κ2) is 5.69. The number of hydrogen-bond acceptors (Lipinski definition) is 2. The van der Waals surface area contributed by atoms with Crippen LogP contribution in [0.3, 0.4) is 0 Å². The van der Waals surface area contributed by atoms with Gasteiger partial charge < -0.3 is 10.6 Å². The molecule has 0 atom stereocenters. The fourth-order valence-electron chi connectivity index (χ4n) is 1.97. The molecule has 0 aliphatic carbocycles. The number of nitrogen functional groups attached to an aromatic ring is 1. The van der Waals surface area contributed by atoms with Gasteiger partial charge in [-0.2, -0.15) is 0 Å². The van der Waals surface area contributed by atoms with Crippen LogP contribution in [-0.4, -0.2) is 6.54 Å². The zero-order valence-electron chi connectivity index (χ0n) is 10.7. The van der Waals surface area contributed by atoms with E-state index in [9.17, 15) is 8.78 Å². The second-order valence-corrected chi connectivity index (χ2v) is 4.30. The molecule has 0 bridgehead atoms. The molecule has 2 rings (SSSR count). The van der Waals surface area contributed by atoms with Crippen molar-refractivity contribution in [2.75, 3.05) is 17.2 Å². The topological polar surface area (TPSA) is 29.3 Å². The van der Waals surface area contributed by atoms with E-state index >= 15 is 0 Å². The summed E-state index contributed by atoms with van der Waals surface area (Å²) in [6.45, 7) is 3.00. The molecule has 2 aromatic carbocycles. The van der Waals surface area contributed by atoms with E-state index < -0.39 is 0 Å². The molecule has 0 fully saturated rings. The summed E-state index contributed by atoms with van der Waals surface area (Å²) >= 11 is 0. The molecule has 0 radical (unpaired) electrons. The van der Waals surface area contributed by atoms with Gasteiger partial charge in [0.15, 0.2) is 0 Å². The minimum absolute atomic E-state index is 0.287. The molecule has 2 aromatic rings. The lowest BCUT2D eigenvalue weighted by Crippen LogP contribution is -2.23. The van der Waals surface area contributed by atoms with E-state index in [1.54, 1.807) is 24.3 Å². The highest BCUT2D eigenvalue weighted by Gasteiger charge is 2.11. The van der Waals surface area contributed by atoms with Gasteiger partial charge in [0.05, 0.1) is 0 Å². The van der Waals surface area contributed by atoms with E-state index in [0.717, 1.165) is 5.69 Å². The minimum Gasteiger partial charge on any atom is -0.398 e. The van der Waals surface area contributed by atoms with Crippen molar-refractivity contribution >= 4 is 11.4 Å². The molecule has 0 aliphatic heterocycles. The average Bonchev–Trinajstić information content (AvgIpc) is 2.40. The van der Waals surface area contributed by atoms with Crippen molar-refractivity contribution in [1.82, 2.24) is 0 Å². The summed E-state index contributed by atoms with van der Waals surface area (Å²) in [7, 11) is 0. The maximum atomic E-state index is 13.8. The van der Waals surface area contributed by atoms with E-state index in [0.29, 0.717) is 24.3 Å². The molecule has 0 aromatic heterocycles. The number of nitrogens with two attached hydrogens (primary N) is 1. The number of halogens is 2. The fraction of sp³-hybridized carbons (Fsp3) is 0.200. The van der Waals surface area contributed by atoms with Crippen molar-refractivity contribution in [2.45, 2.75) is 13.5 Å². The highest BCUT2D eigenvalue weighted by Crippen LogP contribution is 2.22. The van der Waals surface area contributed by atoms with Crippen molar-refractivity contribution in [1.29, 1.82) is 0 Å². The van der Waals surface area contributed by atoms with Crippen LogP contribution in [0, 0.1) is 11.6 Å². The largest absolute Gasteiger partial charge is 0.398 e. The van der Waals surface area contributed by atoms with Crippen LogP contribution in [0.4, 0.5) is 20.2 Å². The normalized spacial score (nSPS) is 10.5. The van der Waals surface area contributed by atoms with Gasteiger partial charge in [-0.05, 0) is 43.3 Å². The van der Waals surface area contributed by atoms with Crippen LogP contribution in [0.1, 0.15) is 12.5 Å². The Hall–Kier alpha value is -2.10. The van der Waals surface area contributed by atoms with Crippen molar-refractivity contribution in [3.8, 4) is 0 Å². The summed E-state index contributed by atoms with van der Waals surface area (Å²) in [6.07, 6.45) is 0. The Morgan fingerprint density at radius 2 is 1.74 bits per heavy atom. The molecule has 0 spiro atoms. The average molecular weight is 262 g/mol. The van der Waals surface area contributed by atoms with Crippen molar-refractivity contribution in [3.05, 3.63) is 59.7 Å². The first-order chi connectivity index (χ1) is 9.11. The molecule has 19 heavy (non-hydrogen) atoms. The SMILES string of the molecule is CCN(Cc1c(N)cccc1F)c1ccc(F)cc1. The summed E-state index contributed by atoms with van der Waals surface area (Å²) < 4.78 is 26.7. The number of benzene rings is 2. The van der Waals surface area contributed by atoms with E-state index in [4.69, 9.17) is 5.73 Å². The highest BCUT2D eigenvalue weighted by atomic mass is 19.1. The third kappa shape index (κ3) is 3.02. The molecular formula is C15H16F2N2. The molecule has 100 valence electrons. The summed E-state index contributed by atoms with van der Waals surface area (Å²) in [6, 6.07) is 10.8. The Bertz CT molecular complexity index is 532. The van der Waals surface area contributed by atoms with Crippen LogP contribution < -0.4 is 10.6 Å². The summed E-state index contributed by atoms with van der Waals surface area (Å²) in [5.41, 5.74) is 7.54.